The average Bonchev–Trinajstić information content (AvgIpc) is 2.67. The first-order valence-electron chi connectivity index (χ1n) is 10.7. The number of amides is 2. The normalized spacial score (nSPS) is 16.1. The summed E-state index contributed by atoms with van der Waals surface area (Å²) in [5.41, 5.74) is -0.926. The Morgan fingerprint density at radius 1 is 1.17 bits per heavy atom. The Hall–Kier alpha value is -2.28. The zero-order chi connectivity index (χ0) is 22.4. The number of likely N-dealkylation sites (tertiary alicyclic amines) is 1. The molecular weight excluding hydrogens is 384 g/mol. The summed E-state index contributed by atoms with van der Waals surface area (Å²) < 4.78 is 11.0. The molecule has 1 aromatic carbocycles. The van der Waals surface area contributed by atoms with E-state index in [1.807, 2.05) is 45.0 Å². The van der Waals surface area contributed by atoms with Crippen LogP contribution < -0.4 is 9.64 Å². The van der Waals surface area contributed by atoms with Crippen molar-refractivity contribution in [3.63, 3.8) is 0 Å². The van der Waals surface area contributed by atoms with E-state index < -0.39 is 11.2 Å². The van der Waals surface area contributed by atoms with E-state index in [0.29, 0.717) is 32.5 Å². The molecule has 1 N–H and O–H groups in total. The Morgan fingerprint density at radius 2 is 1.77 bits per heavy atom. The van der Waals surface area contributed by atoms with Gasteiger partial charge in [-0.3, -0.25) is 4.79 Å². The number of anilines is 1. The van der Waals surface area contributed by atoms with Gasteiger partial charge in [0.2, 0.25) is 5.91 Å². The molecule has 30 heavy (non-hydrogen) atoms. The molecule has 0 atom stereocenters. The number of ether oxygens (including phenoxy) is 2. The Morgan fingerprint density at radius 3 is 2.30 bits per heavy atom. The number of nitrogens with zero attached hydrogens (tertiary/aromatic N) is 2. The van der Waals surface area contributed by atoms with Gasteiger partial charge in [-0.15, -0.1) is 0 Å². The van der Waals surface area contributed by atoms with Gasteiger partial charge in [-0.1, -0.05) is 13.3 Å². The predicted molar refractivity (Wildman–Crippen MR) is 117 cm³/mol. The Bertz CT molecular complexity index is 703. The smallest absolute Gasteiger partial charge is 0.410 e. The number of hydrogen-bond donors (Lipinski definition) is 1. The number of carbonyl (C=O) groups excluding carboxylic acids is 2. The van der Waals surface area contributed by atoms with E-state index in [2.05, 4.69) is 6.92 Å². The zero-order valence-electron chi connectivity index (χ0n) is 18.9. The third kappa shape index (κ3) is 7.20. The molecule has 2 rings (SSSR count). The third-order valence-corrected chi connectivity index (χ3v) is 5.19. The standard InChI is InChI=1S/C23H36N2O5/c1-6-7-16-29-19-10-8-18(9-11-19)24(5)20(26)17-23(28)12-14-25(15-13-23)21(27)30-22(2,3)4/h8-11,28H,6-7,12-17H2,1-5H3. The summed E-state index contributed by atoms with van der Waals surface area (Å²) in [5.74, 6) is 0.615. The summed E-state index contributed by atoms with van der Waals surface area (Å²) >= 11 is 0. The lowest BCUT2D eigenvalue weighted by Crippen LogP contribution is -2.49. The second-order valence-electron chi connectivity index (χ2n) is 9.02. The number of unbranched alkanes of at least 4 members (excludes halogenated alkanes) is 1. The first-order chi connectivity index (χ1) is 14.0. The van der Waals surface area contributed by atoms with Gasteiger partial charge in [-0.25, -0.2) is 4.79 Å². The van der Waals surface area contributed by atoms with Crippen LogP contribution in [0.2, 0.25) is 0 Å². The molecule has 1 aliphatic rings. The molecule has 0 spiro atoms. The fourth-order valence-corrected chi connectivity index (χ4v) is 3.25. The van der Waals surface area contributed by atoms with Crippen LogP contribution in [0.4, 0.5) is 10.5 Å². The summed E-state index contributed by atoms with van der Waals surface area (Å²) in [4.78, 5) is 28.1. The Labute approximate surface area is 179 Å². The first kappa shape index (κ1) is 24.0. The van der Waals surface area contributed by atoms with Crippen LogP contribution in [0.25, 0.3) is 0 Å². The van der Waals surface area contributed by atoms with Crippen molar-refractivity contribution in [2.75, 3.05) is 31.6 Å². The monoisotopic (exact) mass is 420 g/mol. The van der Waals surface area contributed by atoms with Crippen LogP contribution in [0.5, 0.6) is 5.75 Å². The van der Waals surface area contributed by atoms with E-state index in [1.165, 1.54) is 0 Å². The SMILES string of the molecule is CCCCOc1ccc(N(C)C(=O)CC2(O)CCN(C(=O)OC(C)(C)C)CC2)cc1. The molecule has 168 valence electrons. The maximum absolute atomic E-state index is 12.7. The van der Waals surface area contributed by atoms with Crippen molar-refractivity contribution in [2.24, 2.45) is 0 Å². The highest BCUT2D eigenvalue weighted by Crippen LogP contribution is 2.28. The highest BCUT2D eigenvalue weighted by atomic mass is 16.6. The van der Waals surface area contributed by atoms with E-state index in [1.54, 1.807) is 16.8 Å². The molecule has 0 unspecified atom stereocenters. The molecule has 0 radical (unpaired) electrons. The molecule has 0 bridgehead atoms. The highest BCUT2D eigenvalue weighted by molar-refractivity contribution is 5.93. The molecule has 7 heteroatoms. The maximum atomic E-state index is 12.7. The van der Waals surface area contributed by atoms with Crippen molar-refractivity contribution >= 4 is 17.7 Å². The molecule has 0 saturated carbocycles. The van der Waals surface area contributed by atoms with Gasteiger partial charge < -0.3 is 24.4 Å². The van der Waals surface area contributed by atoms with Crippen molar-refractivity contribution in [1.29, 1.82) is 0 Å². The van der Waals surface area contributed by atoms with Gasteiger partial charge in [0.25, 0.3) is 0 Å². The van der Waals surface area contributed by atoms with E-state index >= 15 is 0 Å². The van der Waals surface area contributed by atoms with E-state index in [0.717, 1.165) is 24.3 Å². The van der Waals surface area contributed by atoms with E-state index in [4.69, 9.17) is 9.47 Å². The van der Waals surface area contributed by atoms with Crippen molar-refractivity contribution < 1.29 is 24.2 Å². The van der Waals surface area contributed by atoms with Crippen LogP contribution in [-0.2, 0) is 9.53 Å². The van der Waals surface area contributed by atoms with Crippen LogP contribution in [0.3, 0.4) is 0 Å². The fourth-order valence-electron chi connectivity index (χ4n) is 3.25. The van der Waals surface area contributed by atoms with Crippen molar-refractivity contribution in [3.05, 3.63) is 24.3 Å². The van der Waals surface area contributed by atoms with Gasteiger partial charge in [-0.05, 0) is 64.3 Å². The van der Waals surface area contributed by atoms with Crippen molar-refractivity contribution in [3.8, 4) is 5.75 Å². The lowest BCUT2D eigenvalue weighted by Gasteiger charge is -2.38. The van der Waals surface area contributed by atoms with Crippen LogP contribution >= 0.6 is 0 Å². The quantitative estimate of drug-likeness (QED) is 0.675. The van der Waals surface area contributed by atoms with Gasteiger partial charge in [0.1, 0.15) is 11.4 Å². The molecule has 1 aromatic rings. The first-order valence-corrected chi connectivity index (χ1v) is 10.7. The fraction of sp³-hybridized carbons (Fsp3) is 0.652. The van der Waals surface area contributed by atoms with E-state index in [9.17, 15) is 14.7 Å². The summed E-state index contributed by atoms with van der Waals surface area (Å²) in [6.45, 7) is 9.00. The van der Waals surface area contributed by atoms with E-state index in [-0.39, 0.29) is 18.4 Å². The second kappa shape index (κ2) is 10.2. The highest BCUT2D eigenvalue weighted by Gasteiger charge is 2.37. The Kier molecular flexibility index (Phi) is 8.12. The number of benzene rings is 1. The van der Waals surface area contributed by atoms with Gasteiger partial charge in [-0.2, -0.15) is 0 Å². The van der Waals surface area contributed by atoms with Crippen molar-refractivity contribution in [2.45, 2.75) is 71.0 Å². The molecule has 0 aliphatic carbocycles. The molecule has 7 nitrogen and oxygen atoms in total. The largest absolute Gasteiger partial charge is 0.494 e. The molecule has 1 heterocycles. The van der Waals surface area contributed by atoms with Crippen LogP contribution in [0.1, 0.15) is 59.8 Å². The minimum Gasteiger partial charge on any atom is -0.494 e. The number of aliphatic hydroxyl groups is 1. The third-order valence-electron chi connectivity index (χ3n) is 5.19. The summed E-state index contributed by atoms with van der Waals surface area (Å²) in [6, 6.07) is 7.38. The summed E-state index contributed by atoms with van der Waals surface area (Å²) in [5, 5.41) is 10.9. The molecule has 1 saturated heterocycles. The zero-order valence-corrected chi connectivity index (χ0v) is 18.9. The predicted octanol–water partition coefficient (Wildman–Crippen LogP) is 3.98. The topological polar surface area (TPSA) is 79.3 Å². The van der Waals surface area contributed by atoms with Crippen LogP contribution in [0.15, 0.2) is 24.3 Å². The molecule has 1 aliphatic heterocycles. The minimum absolute atomic E-state index is 0.0143. The number of hydrogen-bond acceptors (Lipinski definition) is 5. The average molecular weight is 421 g/mol. The number of rotatable bonds is 7. The number of piperidine rings is 1. The second-order valence-corrected chi connectivity index (χ2v) is 9.02. The number of carbonyl (C=O) groups is 2. The molecule has 0 aromatic heterocycles. The lowest BCUT2D eigenvalue weighted by molar-refractivity contribution is -0.125. The molecule has 1 fully saturated rings. The van der Waals surface area contributed by atoms with Gasteiger partial charge in [0.15, 0.2) is 0 Å². The van der Waals surface area contributed by atoms with Gasteiger partial charge >= 0.3 is 6.09 Å². The van der Waals surface area contributed by atoms with Gasteiger partial charge in [0.05, 0.1) is 18.6 Å². The summed E-state index contributed by atoms with van der Waals surface area (Å²) in [6.07, 6.45) is 2.40. The van der Waals surface area contributed by atoms with Crippen LogP contribution in [-0.4, -0.2) is 60.0 Å². The molecular formula is C23H36N2O5. The van der Waals surface area contributed by atoms with Gasteiger partial charge in [0, 0.05) is 25.8 Å². The summed E-state index contributed by atoms with van der Waals surface area (Å²) in [7, 11) is 1.70. The van der Waals surface area contributed by atoms with Crippen LogP contribution in [0, 0.1) is 0 Å². The lowest BCUT2D eigenvalue weighted by atomic mass is 9.88. The maximum Gasteiger partial charge on any atom is 0.410 e. The Balaban J connectivity index is 1.87. The molecule has 2 amide bonds. The van der Waals surface area contributed by atoms with Crippen molar-refractivity contribution in [1.82, 2.24) is 4.90 Å². The minimum atomic E-state index is -1.12.